The number of morpholine rings is 1. The molecule has 1 fully saturated rings. The lowest BCUT2D eigenvalue weighted by atomic mass is 9.74. The maximum absolute atomic E-state index is 12.8. The van der Waals surface area contributed by atoms with Crippen LogP contribution in [0, 0.1) is 25.7 Å². The smallest absolute Gasteiger partial charge is 0.223 e. The van der Waals surface area contributed by atoms with Crippen LogP contribution >= 0.6 is 11.3 Å². The summed E-state index contributed by atoms with van der Waals surface area (Å²) in [4.78, 5) is 16.4. The van der Waals surface area contributed by atoms with Gasteiger partial charge in [0.2, 0.25) is 5.91 Å². The molecule has 174 valence electrons. The van der Waals surface area contributed by atoms with Gasteiger partial charge in [-0.1, -0.05) is 13.0 Å². The molecule has 2 aromatic rings. The highest BCUT2D eigenvalue weighted by atomic mass is 32.1. The lowest BCUT2D eigenvalue weighted by Crippen LogP contribution is -2.38. The second-order valence-electron chi connectivity index (χ2n) is 9.16. The quantitative estimate of drug-likeness (QED) is 0.649. The van der Waals surface area contributed by atoms with E-state index in [0.717, 1.165) is 57.9 Å². The minimum absolute atomic E-state index is 0.00807. The van der Waals surface area contributed by atoms with Gasteiger partial charge in [0.25, 0.3) is 0 Å². The number of ether oxygens (including phenoxy) is 2. The summed E-state index contributed by atoms with van der Waals surface area (Å²) in [6, 6.07) is 6.31. The number of carbonyl (C=O) groups excluding carboxylic acids is 1. The number of thiophene rings is 1. The Kier molecular flexibility index (Phi) is 7.87. The van der Waals surface area contributed by atoms with Crippen molar-refractivity contribution in [2.75, 3.05) is 39.5 Å². The molecule has 5 nitrogen and oxygen atoms in total. The number of carbonyl (C=O) groups is 1. The highest BCUT2D eigenvalue weighted by molar-refractivity contribution is 7.09. The van der Waals surface area contributed by atoms with E-state index in [1.54, 1.807) is 11.3 Å². The van der Waals surface area contributed by atoms with Crippen molar-refractivity contribution < 1.29 is 14.3 Å². The first kappa shape index (κ1) is 23.3. The molecule has 0 unspecified atom stereocenters. The summed E-state index contributed by atoms with van der Waals surface area (Å²) < 4.78 is 11.7. The van der Waals surface area contributed by atoms with Crippen LogP contribution in [0.2, 0.25) is 0 Å². The standard InChI is InChI=1S/C26H36N2O3S/c1-18-15-25(31-13-10-28-8-11-30-12-9-28)20(3)24-16-21(6-7-23(18)24)19(2)26(29)27-17-22-5-4-14-32-22/h4-5,14-15,19,21H,6-13,16-17H2,1-3H3,(H,27,29)/t19-,21+/m0/s1. The van der Waals surface area contributed by atoms with E-state index in [9.17, 15) is 4.79 Å². The van der Waals surface area contributed by atoms with Crippen molar-refractivity contribution in [3.63, 3.8) is 0 Å². The molecule has 0 radical (unpaired) electrons. The van der Waals surface area contributed by atoms with Gasteiger partial charge in [-0.05, 0) is 78.8 Å². The van der Waals surface area contributed by atoms with Crippen molar-refractivity contribution in [3.8, 4) is 5.75 Å². The molecule has 2 aliphatic rings. The molecule has 0 bridgehead atoms. The van der Waals surface area contributed by atoms with E-state index in [1.807, 2.05) is 6.07 Å². The van der Waals surface area contributed by atoms with E-state index in [2.05, 4.69) is 48.5 Å². The molecule has 1 N–H and O–H groups in total. The minimum atomic E-state index is 0.00807. The van der Waals surface area contributed by atoms with Crippen LogP contribution in [0.1, 0.15) is 40.5 Å². The Morgan fingerprint density at radius 1 is 1.31 bits per heavy atom. The average Bonchev–Trinajstić information content (AvgIpc) is 3.34. The van der Waals surface area contributed by atoms with Crippen LogP contribution in [0.15, 0.2) is 23.6 Å². The van der Waals surface area contributed by atoms with Crippen LogP contribution in [0.5, 0.6) is 5.75 Å². The van der Waals surface area contributed by atoms with E-state index in [4.69, 9.17) is 9.47 Å². The van der Waals surface area contributed by atoms with Gasteiger partial charge >= 0.3 is 0 Å². The van der Waals surface area contributed by atoms with Crippen LogP contribution in [-0.2, 0) is 28.9 Å². The SMILES string of the molecule is Cc1cc(OCCN2CCOCC2)c(C)c2c1CC[C@@H]([C@H](C)C(=O)NCc1cccs1)C2. The molecule has 32 heavy (non-hydrogen) atoms. The van der Waals surface area contributed by atoms with Gasteiger partial charge < -0.3 is 14.8 Å². The number of amides is 1. The number of aryl methyl sites for hydroxylation is 1. The lowest BCUT2D eigenvalue weighted by Gasteiger charge is -2.32. The zero-order chi connectivity index (χ0) is 22.5. The maximum atomic E-state index is 12.8. The fraction of sp³-hybridized carbons (Fsp3) is 0.577. The maximum Gasteiger partial charge on any atom is 0.223 e. The highest BCUT2D eigenvalue weighted by Gasteiger charge is 2.30. The zero-order valence-corrected chi connectivity index (χ0v) is 20.4. The molecule has 4 rings (SSSR count). The Morgan fingerprint density at radius 3 is 2.88 bits per heavy atom. The second kappa shape index (κ2) is 10.8. The first-order valence-electron chi connectivity index (χ1n) is 11.9. The Bertz CT molecular complexity index is 906. The molecule has 1 amide bonds. The number of fused-ring (bicyclic) bond motifs is 1. The zero-order valence-electron chi connectivity index (χ0n) is 19.6. The molecule has 1 aromatic heterocycles. The Morgan fingerprint density at radius 2 is 2.12 bits per heavy atom. The normalized spacial score (nSPS) is 19.9. The van der Waals surface area contributed by atoms with Gasteiger partial charge in [-0.3, -0.25) is 9.69 Å². The molecule has 1 aromatic carbocycles. The Balaban J connectivity index is 1.38. The van der Waals surface area contributed by atoms with Crippen molar-refractivity contribution >= 4 is 17.2 Å². The van der Waals surface area contributed by atoms with E-state index in [-0.39, 0.29) is 11.8 Å². The van der Waals surface area contributed by atoms with Gasteiger partial charge in [0, 0.05) is 30.4 Å². The molecule has 1 aliphatic carbocycles. The van der Waals surface area contributed by atoms with Crippen molar-refractivity contribution in [1.82, 2.24) is 10.2 Å². The van der Waals surface area contributed by atoms with Crippen molar-refractivity contribution in [1.29, 1.82) is 0 Å². The molecule has 0 saturated carbocycles. The van der Waals surface area contributed by atoms with Crippen molar-refractivity contribution in [2.24, 2.45) is 11.8 Å². The Hall–Kier alpha value is -1.89. The van der Waals surface area contributed by atoms with Gasteiger partial charge in [-0.15, -0.1) is 11.3 Å². The van der Waals surface area contributed by atoms with E-state index < -0.39 is 0 Å². The van der Waals surface area contributed by atoms with E-state index in [0.29, 0.717) is 19.1 Å². The van der Waals surface area contributed by atoms with Crippen LogP contribution in [0.3, 0.4) is 0 Å². The highest BCUT2D eigenvalue weighted by Crippen LogP contribution is 2.37. The predicted octanol–water partition coefficient (Wildman–Crippen LogP) is 4.13. The fourth-order valence-corrected chi connectivity index (χ4v) is 5.62. The van der Waals surface area contributed by atoms with Crippen molar-refractivity contribution in [3.05, 3.63) is 50.7 Å². The molecular weight excluding hydrogens is 420 g/mol. The lowest BCUT2D eigenvalue weighted by molar-refractivity contribution is -0.126. The van der Waals surface area contributed by atoms with Gasteiger partial charge in [0.1, 0.15) is 12.4 Å². The summed E-state index contributed by atoms with van der Waals surface area (Å²) in [5, 5.41) is 5.19. The number of nitrogens with zero attached hydrogens (tertiary/aromatic N) is 1. The minimum Gasteiger partial charge on any atom is -0.492 e. The predicted molar refractivity (Wildman–Crippen MR) is 130 cm³/mol. The van der Waals surface area contributed by atoms with Gasteiger partial charge in [0.05, 0.1) is 19.8 Å². The van der Waals surface area contributed by atoms with Gasteiger partial charge in [-0.25, -0.2) is 0 Å². The van der Waals surface area contributed by atoms with Crippen LogP contribution < -0.4 is 10.1 Å². The summed E-state index contributed by atoms with van der Waals surface area (Å²) in [5.74, 6) is 1.55. The molecule has 1 aliphatic heterocycles. The number of benzene rings is 1. The van der Waals surface area contributed by atoms with Crippen LogP contribution in [0.4, 0.5) is 0 Å². The largest absolute Gasteiger partial charge is 0.492 e. The summed E-state index contributed by atoms with van der Waals surface area (Å²) in [6.07, 6.45) is 3.07. The molecular formula is C26H36N2O3S. The van der Waals surface area contributed by atoms with Crippen LogP contribution in [-0.4, -0.2) is 50.3 Å². The average molecular weight is 457 g/mol. The summed E-state index contributed by atoms with van der Waals surface area (Å²) in [5.41, 5.74) is 5.44. The summed E-state index contributed by atoms with van der Waals surface area (Å²) in [6.45, 7) is 12.3. The topological polar surface area (TPSA) is 50.8 Å². The second-order valence-corrected chi connectivity index (χ2v) is 10.2. The first-order chi connectivity index (χ1) is 15.5. The van der Waals surface area contributed by atoms with Gasteiger partial charge in [0.15, 0.2) is 0 Å². The van der Waals surface area contributed by atoms with Crippen LogP contribution in [0.25, 0.3) is 0 Å². The molecule has 0 spiro atoms. The molecule has 1 saturated heterocycles. The third-order valence-corrected chi connectivity index (χ3v) is 8.02. The van der Waals surface area contributed by atoms with Gasteiger partial charge in [-0.2, -0.15) is 0 Å². The number of hydrogen-bond acceptors (Lipinski definition) is 5. The monoisotopic (exact) mass is 456 g/mol. The van der Waals surface area contributed by atoms with E-state index >= 15 is 0 Å². The molecule has 2 atom stereocenters. The molecule has 2 heterocycles. The van der Waals surface area contributed by atoms with Crippen molar-refractivity contribution in [2.45, 2.75) is 46.6 Å². The number of rotatable bonds is 8. The molecule has 6 heteroatoms. The third kappa shape index (κ3) is 5.53. The number of nitrogens with one attached hydrogen (secondary N) is 1. The summed E-state index contributed by atoms with van der Waals surface area (Å²) >= 11 is 1.69. The fourth-order valence-electron chi connectivity index (χ4n) is 4.97. The third-order valence-electron chi connectivity index (χ3n) is 7.15. The Labute approximate surface area is 196 Å². The number of hydrogen-bond donors (Lipinski definition) is 1. The first-order valence-corrected chi connectivity index (χ1v) is 12.8. The summed E-state index contributed by atoms with van der Waals surface area (Å²) in [7, 11) is 0. The van der Waals surface area contributed by atoms with E-state index in [1.165, 1.54) is 27.1 Å².